The molecule has 3 nitrogen and oxygen atoms in total. The molecule has 0 saturated heterocycles. The summed E-state index contributed by atoms with van der Waals surface area (Å²) in [4.78, 5) is 0. The van der Waals surface area contributed by atoms with Crippen molar-refractivity contribution in [3.05, 3.63) is 0 Å². The standard InChI is InChI=1S/C4H10O2S.H2O/c1-7-3-2-4(5)6;/h4-6H,2-3H2,1H3;1H2. The number of aliphatic hydroxyl groups excluding tert-OH is 1. The van der Waals surface area contributed by atoms with E-state index in [0.717, 1.165) is 5.75 Å². The fourth-order valence-corrected chi connectivity index (χ4v) is 0.670. The van der Waals surface area contributed by atoms with Crippen molar-refractivity contribution in [3.8, 4) is 0 Å². The molecular formula is C4H12O3S. The summed E-state index contributed by atoms with van der Waals surface area (Å²) in [5, 5.41) is 16.5. The van der Waals surface area contributed by atoms with Crippen LogP contribution in [0.4, 0.5) is 0 Å². The van der Waals surface area contributed by atoms with Gasteiger partial charge in [0.25, 0.3) is 0 Å². The minimum absolute atomic E-state index is 0. The highest BCUT2D eigenvalue weighted by atomic mass is 32.2. The highest BCUT2D eigenvalue weighted by molar-refractivity contribution is 7.98. The van der Waals surface area contributed by atoms with E-state index in [0.29, 0.717) is 6.42 Å². The van der Waals surface area contributed by atoms with Crippen molar-refractivity contribution in [3.63, 3.8) is 0 Å². The van der Waals surface area contributed by atoms with E-state index in [1.807, 2.05) is 6.26 Å². The second-order valence-corrected chi connectivity index (χ2v) is 2.25. The van der Waals surface area contributed by atoms with Crippen LogP contribution >= 0.6 is 11.8 Å². The van der Waals surface area contributed by atoms with Gasteiger partial charge in [0.2, 0.25) is 0 Å². The SMILES string of the molecule is CSCCC(O)O.O. The van der Waals surface area contributed by atoms with Crippen LogP contribution in [0.25, 0.3) is 0 Å². The topological polar surface area (TPSA) is 72.0 Å². The van der Waals surface area contributed by atoms with Crippen LogP contribution in [0.3, 0.4) is 0 Å². The van der Waals surface area contributed by atoms with Crippen LogP contribution in [-0.4, -0.2) is 34.0 Å². The van der Waals surface area contributed by atoms with Gasteiger partial charge in [-0.05, 0) is 12.0 Å². The number of thioether (sulfide) groups is 1. The molecule has 0 bridgehead atoms. The van der Waals surface area contributed by atoms with E-state index in [1.165, 1.54) is 0 Å². The maximum Gasteiger partial charge on any atom is 0.152 e. The molecule has 0 aromatic carbocycles. The molecule has 4 heteroatoms. The summed E-state index contributed by atoms with van der Waals surface area (Å²) in [6.45, 7) is 0. The smallest absolute Gasteiger partial charge is 0.152 e. The third-order valence-corrected chi connectivity index (χ3v) is 1.22. The van der Waals surface area contributed by atoms with Crippen molar-refractivity contribution < 1.29 is 15.7 Å². The van der Waals surface area contributed by atoms with Crippen LogP contribution in [0.1, 0.15) is 6.42 Å². The largest absolute Gasteiger partial charge is 0.412 e. The van der Waals surface area contributed by atoms with Gasteiger partial charge < -0.3 is 15.7 Å². The zero-order valence-electron chi connectivity index (χ0n) is 4.79. The Hall–Kier alpha value is 0.230. The Morgan fingerprint density at radius 3 is 2.12 bits per heavy atom. The Kier molecular flexibility index (Phi) is 10.0. The molecule has 0 amide bonds. The molecule has 0 rings (SSSR count). The van der Waals surface area contributed by atoms with Gasteiger partial charge in [-0.15, -0.1) is 0 Å². The lowest BCUT2D eigenvalue weighted by Gasteiger charge is -1.97. The first-order valence-corrected chi connectivity index (χ1v) is 3.52. The molecule has 0 spiro atoms. The average molecular weight is 140 g/mol. The van der Waals surface area contributed by atoms with Crippen molar-refractivity contribution in [2.75, 3.05) is 12.0 Å². The lowest BCUT2D eigenvalue weighted by atomic mass is 10.5. The van der Waals surface area contributed by atoms with E-state index in [9.17, 15) is 0 Å². The van der Waals surface area contributed by atoms with Gasteiger partial charge in [0.05, 0.1) is 0 Å². The van der Waals surface area contributed by atoms with Crippen LogP contribution in [0.15, 0.2) is 0 Å². The molecule has 0 saturated carbocycles. The lowest BCUT2D eigenvalue weighted by molar-refractivity contribution is -0.0404. The Balaban J connectivity index is 0. The predicted octanol–water partition coefficient (Wildman–Crippen LogP) is -0.774. The fraction of sp³-hybridized carbons (Fsp3) is 1.00. The van der Waals surface area contributed by atoms with E-state index in [2.05, 4.69) is 0 Å². The van der Waals surface area contributed by atoms with Crippen LogP contribution in [-0.2, 0) is 0 Å². The zero-order chi connectivity index (χ0) is 5.70. The minimum atomic E-state index is -1.12. The van der Waals surface area contributed by atoms with Gasteiger partial charge in [-0.2, -0.15) is 11.8 Å². The molecule has 0 fully saturated rings. The van der Waals surface area contributed by atoms with Crippen LogP contribution in [0.2, 0.25) is 0 Å². The van der Waals surface area contributed by atoms with Crippen molar-refractivity contribution >= 4 is 11.8 Å². The fourth-order valence-electron chi connectivity index (χ4n) is 0.223. The first kappa shape index (κ1) is 11.1. The number of hydrogen-bond donors (Lipinski definition) is 2. The molecule has 4 N–H and O–H groups in total. The van der Waals surface area contributed by atoms with E-state index in [1.54, 1.807) is 11.8 Å². The summed E-state index contributed by atoms with van der Waals surface area (Å²) in [5.74, 6) is 0.817. The van der Waals surface area contributed by atoms with Crippen LogP contribution in [0.5, 0.6) is 0 Å². The van der Waals surface area contributed by atoms with Crippen molar-refractivity contribution in [2.45, 2.75) is 12.7 Å². The molecule has 0 heterocycles. The molecule has 0 aromatic rings. The Morgan fingerprint density at radius 2 is 2.00 bits per heavy atom. The highest BCUT2D eigenvalue weighted by Gasteiger charge is 1.92. The predicted molar refractivity (Wildman–Crippen MR) is 34.8 cm³/mol. The van der Waals surface area contributed by atoms with Crippen LogP contribution in [0, 0.1) is 0 Å². The van der Waals surface area contributed by atoms with Gasteiger partial charge in [-0.25, -0.2) is 0 Å². The minimum Gasteiger partial charge on any atom is -0.412 e. The third-order valence-electron chi connectivity index (χ3n) is 0.580. The second kappa shape index (κ2) is 7.23. The number of hydrogen-bond acceptors (Lipinski definition) is 3. The maximum absolute atomic E-state index is 8.23. The summed E-state index contributed by atoms with van der Waals surface area (Å²) in [5.41, 5.74) is 0. The zero-order valence-corrected chi connectivity index (χ0v) is 5.61. The molecular weight excluding hydrogens is 128 g/mol. The first-order valence-electron chi connectivity index (χ1n) is 2.12. The molecule has 0 aromatic heterocycles. The summed E-state index contributed by atoms with van der Waals surface area (Å²) in [7, 11) is 0. The normalized spacial score (nSPS) is 9.00. The quantitative estimate of drug-likeness (QED) is 0.505. The molecule has 0 aliphatic rings. The molecule has 52 valence electrons. The van der Waals surface area contributed by atoms with Crippen molar-refractivity contribution in [1.82, 2.24) is 0 Å². The van der Waals surface area contributed by atoms with E-state index in [4.69, 9.17) is 10.2 Å². The molecule has 0 aliphatic heterocycles. The van der Waals surface area contributed by atoms with Gasteiger partial charge >= 0.3 is 0 Å². The highest BCUT2D eigenvalue weighted by Crippen LogP contribution is 1.96. The van der Waals surface area contributed by atoms with Crippen molar-refractivity contribution in [1.29, 1.82) is 0 Å². The maximum atomic E-state index is 8.23. The summed E-state index contributed by atoms with van der Waals surface area (Å²) < 4.78 is 0. The Morgan fingerprint density at radius 1 is 1.50 bits per heavy atom. The van der Waals surface area contributed by atoms with Gasteiger partial charge in [-0.1, -0.05) is 0 Å². The number of rotatable bonds is 3. The van der Waals surface area contributed by atoms with E-state index in [-0.39, 0.29) is 5.48 Å². The molecule has 0 radical (unpaired) electrons. The Labute approximate surface area is 53.0 Å². The van der Waals surface area contributed by atoms with Crippen molar-refractivity contribution in [2.24, 2.45) is 0 Å². The average Bonchev–Trinajstić information content (AvgIpc) is 1.61. The second-order valence-electron chi connectivity index (χ2n) is 1.26. The number of aliphatic hydroxyl groups is 2. The molecule has 0 atom stereocenters. The third kappa shape index (κ3) is 9.52. The summed E-state index contributed by atoms with van der Waals surface area (Å²) in [6, 6.07) is 0. The lowest BCUT2D eigenvalue weighted by Crippen LogP contribution is -2.04. The molecule has 0 aliphatic carbocycles. The summed E-state index contributed by atoms with van der Waals surface area (Å²) in [6.07, 6.45) is 1.29. The monoisotopic (exact) mass is 140 g/mol. The van der Waals surface area contributed by atoms with E-state index >= 15 is 0 Å². The van der Waals surface area contributed by atoms with Gasteiger partial charge in [0, 0.05) is 6.42 Å². The molecule has 8 heavy (non-hydrogen) atoms. The van der Waals surface area contributed by atoms with Gasteiger partial charge in [0.15, 0.2) is 6.29 Å². The summed E-state index contributed by atoms with van der Waals surface area (Å²) >= 11 is 1.61. The van der Waals surface area contributed by atoms with Gasteiger partial charge in [0.1, 0.15) is 0 Å². The Bertz CT molecular complexity index is 40.3. The van der Waals surface area contributed by atoms with Gasteiger partial charge in [-0.3, -0.25) is 0 Å². The first-order chi connectivity index (χ1) is 3.27. The van der Waals surface area contributed by atoms with E-state index < -0.39 is 6.29 Å². The molecule has 0 unspecified atom stereocenters. The van der Waals surface area contributed by atoms with Crippen LogP contribution < -0.4 is 0 Å².